The summed E-state index contributed by atoms with van der Waals surface area (Å²) in [7, 11) is 0. The number of aliphatic hydroxyl groups is 2. The Labute approximate surface area is 166 Å². The van der Waals surface area contributed by atoms with Crippen LogP contribution in [-0.4, -0.2) is 40.2 Å². The Morgan fingerprint density at radius 3 is 1.78 bits per heavy atom. The number of aliphatic carboxylic acids is 1. The molecule has 0 rings (SSSR count). The molecule has 5 nitrogen and oxygen atoms in total. The molecule has 0 aromatic heterocycles. The number of hydrogen-bond donors (Lipinski definition) is 4. The summed E-state index contributed by atoms with van der Waals surface area (Å²) in [4.78, 5) is 11.1. The van der Waals surface area contributed by atoms with Crippen LogP contribution in [0.1, 0.15) is 103 Å². The van der Waals surface area contributed by atoms with E-state index in [1.807, 2.05) is 0 Å². The number of carboxylic acid groups (broad SMARTS) is 1. The maximum atomic E-state index is 11.1. The summed E-state index contributed by atoms with van der Waals surface area (Å²) in [5, 5.41) is 29.3. The molecule has 0 spiro atoms. The summed E-state index contributed by atoms with van der Waals surface area (Å²) in [6.07, 6.45) is 20.9. The van der Waals surface area contributed by atoms with Crippen LogP contribution in [-0.2, 0) is 4.79 Å². The van der Waals surface area contributed by atoms with Crippen LogP contribution in [0.5, 0.6) is 0 Å². The van der Waals surface area contributed by atoms with Gasteiger partial charge in [0.15, 0.2) is 6.29 Å². The highest BCUT2D eigenvalue weighted by molar-refractivity contribution is 5.73. The van der Waals surface area contributed by atoms with Crippen molar-refractivity contribution < 1.29 is 20.1 Å². The second-order valence-electron chi connectivity index (χ2n) is 7.51. The molecule has 160 valence electrons. The van der Waals surface area contributed by atoms with E-state index in [0.29, 0.717) is 6.42 Å². The fourth-order valence-corrected chi connectivity index (χ4v) is 3.16. The van der Waals surface area contributed by atoms with E-state index in [-0.39, 0.29) is 6.54 Å². The molecule has 27 heavy (non-hydrogen) atoms. The standard InChI is InChI=1S/C22H43NO4/c1-2-3-4-5-6-7-8-9-10-11-12-13-14-15-16-17-18-20(22(26)27)23-19-21(24)25/h9-10,20-21,23-25H,2-8,11-19H2,1H3,(H,26,27)/b10-9-. The lowest BCUT2D eigenvalue weighted by Crippen LogP contribution is -2.40. The Balaban J connectivity index is 3.38. The fourth-order valence-electron chi connectivity index (χ4n) is 3.16. The molecule has 0 aromatic rings. The zero-order chi connectivity index (χ0) is 20.2. The molecule has 0 aliphatic carbocycles. The predicted molar refractivity (Wildman–Crippen MR) is 112 cm³/mol. The van der Waals surface area contributed by atoms with Gasteiger partial charge in [-0.1, -0.05) is 83.3 Å². The normalized spacial score (nSPS) is 12.9. The van der Waals surface area contributed by atoms with Gasteiger partial charge in [-0.2, -0.15) is 0 Å². The minimum Gasteiger partial charge on any atom is -0.480 e. The van der Waals surface area contributed by atoms with Gasteiger partial charge in [0.25, 0.3) is 0 Å². The molecule has 0 aliphatic rings. The van der Waals surface area contributed by atoms with Crippen molar-refractivity contribution >= 4 is 5.97 Å². The van der Waals surface area contributed by atoms with Crippen LogP contribution in [0, 0.1) is 0 Å². The summed E-state index contributed by atoms with van der Waals surface area (Å²) in [5.74, 6) is -0.927. The lowest BCUT2D eigenvalue weighted by Gasteiger charge is -2.14. The predicted octanol–water partition coefficient (Wildman–Crippen LogP) is 4.77. The number of allylic oxidation sites excluding steroid dienone is 2. The number of carboxylic acids is 1. The van der Waals surface area contributed by atoms with Crippen LogP contribution in [0.4, 0.5) is 0 Å². The average molecular weight is 386 g/mol. The Bertz CT molecular complexity index is 358. The average Bonchev–Trinajstić information content (AvgIpc) is 2.63. The number of nitrogens with one attached hydrogen (secondary N) is 1. The molecule has 0 saturated heterocycles. The summed E-state index contributed by atoms with van der Waals surface area (Å²) in [6, 6.07) is -0.691. The van der Waals surface area contributed by atoms with Gasteiger partial charge in [-0.15, -0.1) is 0 Å². The van der Waals surface area contributed by atoms with E-state index in [9.17, 15) is 4.79 Å². The lowest BCUT2D eigenvalue weighted by atomic mass is 10.0. The van der Waals surface area contributed by atoms with Crippen LogP contribution in [0.25, 0.3) is 0 Å². The molecule has 0 saturated carbocycles. The maximum Gasteiger partial charge on any atom is 0.320 e. The van der Waals surface area contributed by atoms with Gasteiger partial charge in [-0.05, 0) is 32.1 Å². The largest absolute Gasteiger partial charge is 0.480 e. The van der Waals surface area contributed by atoms with E-state index >= 15 is 0 Å². The lowest BCUT2D eigenvalue weighted by molar-refractivity contribution is -0.140. The third-order valence-corrected chi connectivity index (χ3v) is 4.85. The van der Waals surface area contributed by atoms with E-state index in [2.05, 4.69) is 24.4 Å². The van der Waals surface area contributed by atoms with Gasteiger partial charge in [-0.25, -0.2) is 0 Å². The van der Waals surface area contributed by atoms with Gasteiger partial charge in [-0.3, -0.25) is 10.1 Å². The Hall–Kier alpha value is -0.910. The number of hydrogen-bond acceptors (Lipinski definition) is 4. The molecule has 0 bridgehead atoms. The molecule has 0 fully saturated rings. The van der Waals surface area contributed by atoms with E-state index < -0.39 is 18.3 Å². The second-order valence-corrected chi connectivity index (χ2v) is 7.51. The first-order valence-corrected chi connectivity index (χ1v) is 11.0. The number of unbranched alkanes of at least 4 members (excludes halogenated alkanes) is 12. The van der Waals surface area contributed by atoms with Crippen molar-refractivity contribution in [1.82, 2.24) is 5.32 Å². The van der Waals surface area contributed by atoms with Gasteiger partial charge < -0.3 is 15.3 Å². The summed E-state index contributed by atoms with van der Waals surface area (Å²) >= 11 is 0. The van der Waals surface area contributed by atoms with Crippen LogP contribution >= 0.6 is 0 Å². The van der Waals surface area contributed by atoms with E-state index in [0.717, 1.165) is 19.3 Å². The molecule has 1 unspecified atom stereocenters. The molecule has 0 amide bonds. The van der Waals surface area contributed by atoms with Crippen LogP contribution in [0.15, 0.2) is 12.2 Å². The van der Waals surface area contributed by atoms with Crippen LogP contribution < -0.4 is 5.32 Å². The quantitative estimate of drug-likeness (QED) is 0.138. The topological polar surface area (TPSA) is 89.8 Å². The monoisotopic (exact) mass is 385 g/mol. The van der Waals surface area contributed by atoms with Crippen LogP contribution in [0.3, 0.4) is 0 Å². The molecule has 0 heterocycles. The van der Waals surface area contributed by atoms with Crippen molar-refractivity contribution in [3.8, 4) is 0 Å². The highest BCUT2D eigenvalue weighted by atomic mass is 16.5. The van der Waals surface area contributed by atoms with Crippen molar-refractivity contribution in [3.05, 3.63) is 12.2 Å². The molecule has 0 radical (unpaired) electrons. The van der Waals surface area contributed by atoms with Gasteiger partial charge in [0, 0.05) is 6.54 Å². The minimum atomic E-state index is -1.51. The third kappa shape index (κ3) is 19.7. The van der Waals surface area contributed by atoms with Crippen molar-refractivity contribution in [2.75, 3.05) is 6.54 Å². The summed E-state index contributed by atoms with van der Waals surface area (Å²) in [5.41, 5.74) is 0. The number of rotatable bonds is 20. The Morgan fingerprint density at radius 1 is 0.815 bits per heavy atom. The fraction of sp³-hybridized carbons (Fsp3) is 0.864. The summed E-state index contributed by atoms with van der Waals surface area (Å²) in [6.45, 7) is 2.14. The van der Waals surface area contributed by atoms with Gasteiger partial charge in [0.05, 0.1) is 0 Å². The molecular formula is C22H43NO4. The minimum absolute atomic E-state index is 0.108. The van der Waals surface area contributed by atoms with Crippen molar-refractivity contribution in [1.29, 1.82) is 0 Å². The Kier molecular flexibility index (Phi) is 19.2. The number of aliphatic hydroxyl groups excluding tert-OH is 1. The molecule has 1 atom stereocenters. The molecule has 4 N–H and O–H groups in total. The SMILES string of the molecule is CCCCCCCC/C=C\CCCCCCCCC(NCC(O)O)C(=O)O. The molecule has 0 aromatic carbocycles. The molecular weight excluding hydrogens is 342 g/mol. The van der Waals surface area contributed by atoms with E-state index in [4.69, 9.17) is 15.3 Å². The first kappa shape index (κ1) is 26.1. The Morgan fingerprint density at radius 2 is 1.30 bits per heavy atom. The first-order chi connectivity index (χ1) is 13.1. The third-order valence-electron chi connectivity index (χ3n) is 4.85. The first-order valence-electron chi connectivity index (χ1n) is 11.0. The van der Waals surface area contributed by atoms with Crippen molar-refractivity contribution in [3.63, 3.8) is 0 Å². The zero-order valence-electron chi connectivity index (χ0n) is 17.4. The summed E-state index contributed by atoms with van der Waals surface area (Å²) < 4.78 is 0. The second kappa shape index (κ2) is 19.8. The van der Waals surface area contributed by atoms with Gasteiger partial charge >= 0.3 is 5.97 Å². The zero-order valence-corrected chi connectivity index (χ0v) is 17.4. The van der Waals surface area contributed by atoms with Crippen molar-refractivity contribution in [2.24, 2.45) is 0 Å². The van der Waals surface area contributed by atoms with E-state index in [1.165, 1.54) is 70.6 Å². The highest BCUT2D eigenvalue weighted by Gasteiger charge is 2.16. The highest BCUT2D eigenvalue weighted by Crippen LogP contribution is 2.11. The molecule has 0 aliphatic heterocycles. The molecule has 5 heteroatoms. The number of carbonyl (C=O) groups is 1. The van der Waals surface area contributed by atoms with E-state index in [1.54, 1.807) is 0 Å². The van der Waals surface area contributed by atoms with Crippen LogP contribution in [0.2, 0.25) is 0 Å². The smallest absolute Gasteiger partial charge is 0.320 e. The van der Waals surface area contributed by atoms with Crippen molar-refractivity contribution in [2.45, 2.75) is 116 Å². The van der Waals surface area contributed by atoms with Gasteiger partial charge in [0.2, 0.25) is 0 Å². The van der Waals surface area contributed by atoms with Gasteiger partial charge in [0.1, 0.15) is 6.04 Å². The maximum absolute atomic E-state index is 11.1.